The Morgan fingerprint density at radius 2 is 1.94 bits per heavy atom. The fourth-order valence-electron chi connectivity index (χ4n) is 3.32. The summed E-state index contributed by atoms with van der Waals surface area (Å²) in [7, 11) is 0. The van der Waals surface area contributed by atoms with Gasteiger partial charge in [0.1, 0.15) is 17.1 Å². The first-order valence-electron chi connectivity index (χ1n) is 10.0. The van der Waals surface area contributed by atoms with E-state index in [4.69, 9.17) is 9.47 Å². The van der Waals surface area contributed by atoms with E-state index in [9.17, 15) is 9.18 Å². The molecular weight excluding hydrogens is 441 g/mol. The molecule has 4 rings (SSSR count). The van der Waals surface area contributed by atoms with E-state index < -0.39 is 0 Å². The summed E-state index contributed by atoms with van der Waals surface area (Å²) in [5.74, 6) is 0.272. The molecule has 9 heteroatoms. The maximum absolute atomic E-state index is 14.1. The number of halogens is 2. The van der Waals surface area contributed by atoms with Gasteiger partial charge in [-0.2, -0.15) is 0 Å². The molecule has 1 amide bonds. The number of carbonyl (C=O) groups excluding carboxylic acids is 1. The van der Waals surface area contributed by atoms with Gasteiger partial charge in [-0.15, -0.1) is 12.4 Å². The number of fused-ring (bicyclic) bond motifs is 1. The second-order valence-corrected chi connectivity index (χ2v) is 8.00. The van der Waals surface area contributed by atoms with Gasteiger partial charge in [0.25, 0.3) is 0 Å². The van der Waals surface area contributed by atoms with Gasteiger partial charge < -0.3 is 9.47 Å². The van der Waals surface area contributed by atoms with Crippen LogP contribution in [0.1, 0.15) is 6.42 Å². The molecule has 6 nitrogen and oxygen atoms in total. The molecule has 1 fully saturated rings. The van der Waals surface area contributed by atoms with E-state index in [-0.39, 0.29) is 37.2 Å². The van der Waals surface area contributed by atoms with E-state index in [1.807, 2.05) is 36.4 Å². The van der Waals surface area contributed by atoms with Crippen LogP contribution in [0.4, 0.5) is 9.52 Å². The van der Waals surface area contributed by atoms with Gasteiger partial charge in [-0.1, -0.05) is 35.6 Å². The van der Waals surface area contributed by atoms with Crippen molar-refractivity contribution in [3.63, 3.8) is 0 Å². The zero-order chi connectivity index (χ0) is 20.8. The Bertz CT molecular complexity index is 983. The summed E-state index contributed by atoms with van der Waals surface area (Å²) in [5, 5.41) is 0.521. The SMILES string of the molecule is Cl.O=C(CCOc1ccccc1)N(CCN1CCOCC1)c1nc2c(F)cccc2s1. The number of rotatable bonds is 8. The summed E-state index contributed by atoms with van der Waals surface area (Å²) in [6, 6.07) is 14.3. The third-order valence-corrected chi connectivity index (χ3v) is 6.01. The largest absolute Gasteiger partial charge is 0.493 e. The van der Waals surface area contributed by atoms with Gasteiger partial charge in [-0.25, -0.2) is 9.37 Å². The molecule has 1 aliphatic heterocycles. The lowest BCUT2D eigenvalue weighted by molar-refractivity contribution is -0.119. The first-order chi connectivity index (χ1) is 14.7. The zero-order valence-corrected chi connectivity index (χ0v) is 18.7. The zero-order valence-electron chi connectivity index (χ0n) is 17.0. The molecule has 0 atom stereocenters. The fourth-order valence-corrected chi connectivity index (χ4v) is 4.34. The molecule has 0 unspecified atom stereocenters. The summed E-state index contributed by atoms with van der Waals surface area (Å²) >= 11 is 1.33. The molecule has 3 aromatic rings. The highest BCUT2D eigenvalue weighted by Crippen LogP contribution is 2.30. The van der Waals surface area contributed by atoms with Crippen LogP contribution < -0.4 is 9.64 Å². The first kappa shape index (κ1) is 23.4. The number of ether oxygens (including phenoxy) is 2. The Morgan fingerprint density at radius 3 is 2.68 bits per heavy atom. The average molecular weight is 466 g/mol. The third-order valence-electron chi connectivity index (χ3n) is 4.96. The number of morpholine rings is 1. The topological polar surface area (TPSA) is 54.9 Å². The van der Waals surface area contributed by atoms with E-state index in [0.717, 1.165) is 23.5 Å². The molecule has 1 aliphatic rings. The van der Waals surface area contributed by atoms with Crippen LogP contribution in [0.3, 0.4) is 0 Å². The summed E-state index contributed by atoms with van der Waals surface area (Å²) in [4.78, 5) is 21.4. The normalized spacial score (nSPS) is 14.2. The molecule has 0 bridgehead atoms. The second kappa shape index (κ2) is 11.4. The number of carbonyl (C=O) groups is 1. The van der Waals surface area contributed by atoms with Crippen molar-refractivity contribution in [3.8, 4) is 5.75 Å². The number of nitrogens with zero attached hydrogens (tertiary/aromatic N) is 3. The van der Waals surface area contributed by atoms with Gasteiger partial charge >= 0.3 is 0 Å². The number of para-hydroxylation sites is 2. The van der Waals surface area contributed by atoms with Crippen molar-refractivity contribution >= 4 is 45.0 Å². The van der Waals surface area contributed by atoms with E-state index in [1.165, 1.54) is 17.4 Å². The minimum atomic E-state index is -0.372. The monoisotopic (exact) mass is 465 g/mol. The van der Waals surface area contributed by atoms with Crippen LogP contribution >= 0.6 is 23.7 Å². The number of anilines is 1. The Labute approximate surface area is 191 Å². The van der Waals surface area contributed by atoms with Crippen LogP contribution in [0, 0.1) is 5.82 Å². The fraction of sp³-hybridized carbons (Fsp3) is 0.364. The van der Waals surface area contributed by atoms with Crippen molar-refractivity contribution in [1.82, 2.24) is 9.88 Å². The molecule has 2 heterocycles. The van der Waals surface area contributed by atoms with Crippen LogP contribution in [-0.4, -0.2) is 61.8 Å². The number of hydrogen-bond donors (Lipinski definition) is 0. The van der Waals surface area contributed by atoms with Crippen molar-refractivity contribution in [3.05, 3.63) is 54.3 Å². The third kappa shape index (κ3) is 6.13. The molecule has 0 saturated carbocycles. The molecule has 0 aliphatic carbocycles. The standard InChI is InChI=1S/C22H24FN3O3S.ClH/c23-18-7-4-8-19-21(18)24-22(30-19)26(11-10-25-12-15-28-16-13-25)20(27)9-14-29-17-5-2-1-3-6-17;/h1-8H,9-16H2;1H. The van der Waals surface area contributed by atoms with Crippen molar-refractivity contribution in [1.29, 1.82) is 0 Å². The van der Waals surface area contributed by atoms with Gasteiger partial charge in [-0.05, 0) is 24.3 Å². The minimum Gasteiger partial charge on any atom is -0.493 e. The van der Waals surface area contributed by atoms with E-state index >= 15 is 0 Å². The van der Waals surface area contributed by atoms with Gasteiger partial charge in [0.05, 0.1) is 30.9 Å². The van der Waals surface area contributed by atoms with Gasteiger partial charge in [0.15, 0.2) is 5.13 Å². The Balaban J connectivity index is 0.00000272. The van der Waals surface area contributed by atoms with Crippen LogP contribution in [0.25, 0.3) is 10.2 Å². The van der Waals surface area contributed by atoms with Crippen LogP contribution in [-0.2, 0) is 9.53 Å². The number of hydrogen-bond acceptors (Lipinski definition) is 6. The summed E-state index contributed by atoms with van der Waals surface area (Å²) in [5.41, 5.74) is 0.308. The molecule has 166 valence electrons. The molecule has 0 N–H and O–H groups in total. The second-order valence-electron chi connectivity index (χ2n) is 6.99. The quantitative estimate of drug-likeness (QED) is 0.503. The van der Waals surface area contributed by atoms with Crippen LogP contribution in [0.15, 0.2) is 48.5 Å². The predicted octanol–water partition coefficient (Wildman–Crippen LogP) is 3.99. The van der Waals surface area contributed by atoms with Gasteiger partial charge in [0.2, 0.25) is 5.91 Å². The molecule has 0 spiro atoms. The number of benzene rings is 2. The predicted molar refractivity (Wildman–Crippen MR) is 123 cm³/mol. The van der Waals surface area contributed by atoms with E-state index in [2.05, 4.69) is 9.88 Å². The first-order valence-corrected chi connectivity index (χ1v) is 10.9. The molecular formula is C22H25ClFN3O3S. The highest BCUT2D eigenvalue weighted by Gasteiger charge is 2.22. The van der Waals surface area contributed by atoms with Gasteiger partial charge in [0, 0.05) is 26.2 Å². The van der Waals surface area contributed by atoms with Crippen molar-refractivity contribution in [2.75, 3.05) is 50.9 Å². The Morgan fingerprint density at radius 1 is 1.16 bits per heavy atom. The number of amides is 1. The van der Waals surface area contributed by atoms with E-state index in [1.54, 1.807) is 11.0 Å². The van der Waals surface area contributed by atoms with Crippen LogP contribution in [0.5, 0.6) is 5.75 Å². The van der Waals surface area contributed by atoms with Crippen molar-refractivity contribution < 1.29 is 18.7 Å². The summed E-state index contributed by atoms with van der Waals surface area (Å²) in [6.45, 7) is 4.56. The molecule has 1 saturated heterocycles. The minimum absolute atomic E-state index is 0. The smallest absolute Gasteiger partial charge is 0.232 e. The maximum atomic E-state index is 14.1. The molecule has 2 aromatic carbocycles. The number of aromatic nitrogens is 1. The summed E-state index contributed by atoms with van der Waals surface area (Å²) in [6.07, 6.45) is 0.219. The lowest BCUT2D eigenvalue weighted by Gasteiger charge is -2.29. The lowest BCUT2D eigenvalue weighted by Crippen LogP contribution is -2.43. The highest BCUT2D eigenvalue weighted by atomic mass is 35.5. The van der Waals surface area contributed by atoms with Crippen LogP contribution in [0.2, 0.25) is 0 Å². The molecule has 31 heavy (non-hydrogen) atoms. The maximum Gasteiger partial charge on any atom is 0.232 e. The molecule has 0 radical (unpaired) electrons. The average Bonchev–Trinajstić information content (AvgIpc) is 3.21. The van der Waals surface area contributed by atoms with Crippen molar-refractivity contribution in [2.24, 2.45) is 0 Å². The Hall–Kier alpha value is -2.26. The van der Waals surface area contributed by atoms with Crippen molar-refractivity contribution in [2.45, 2.75) is 6.42 Å². The lowest BCUT2D eigenvalue weighted by atomic mass is 10.3. The van der Waals surface area contributed by atoms with E-state index in [0.29, 0.717) is 37.0 Å². The summed E-state index contributed by atoms with van der Waals surface area (Å²) < 4.78 is 25.9. The molecule has 1 aromatic heterocycles. The highest BCUT2D eigenvalue weighted by molar-refractivity contribution is 7.22. The Kier molecular flexibility index (Phi) is 8.60. The number of thiazole rings is 1. The van der Waals surface area contributed by atoms with Gasteiger partial charge in [-0.3, -0.25) is 14.6 Å².